The normalized spacial score (nSPS) is 11.6. The summed E-state index contributed by atoms with van der Waals surface area (Å²) in [6.45, 7) is 4.36. The lowest BCUT2D eigenvalue weighted by atomic mass is 9.96. The maximum atomic E-state index is 12.7. The second-order valence-electron chi connectivity index (χ2n) is 8.30. The third-order valence-corrected chi connectivity index (χ3v) is 7.87. The minimum Gasteiger partial charge on any atom is -0.349 e. The van der Waals surface area contributed by atoms with Crippen LogP contribution in [-0.2, 0) is 23.1 Å². The van der Waals surface area contributed by atoms with E-state index < -0.39 is 11.8 Å². The van der Waals surface area contributed by atoms with Crippen molar-refractivity contribution in [2.24, 2.45) is 7.05 Å². The molecule has 3 rings (SSSR count). The van der Waals surface area contributed by atoms with Gasteiger partial charge in [-0.2, -0.15) is 0 Å². The molecule has 35 heavy (non-hydrogen) atoms. The number of amides is 3. The summed E-state index contributed by atoms with van der Waals surface area (Å²) in [5, 5.41) is 8.18. The lowest BCUT2D eigenvalue weighted by molar-refractivity contribution is -0.139. The maximum Gasteiger partial charge on any atom is 0.309 e. The molecule has 7 nitrogen and oxygen atoms in total. The smallest absolute Gasteiger partial charge is 0.309 e. The van der Waals surface area contributed by atoms with E-state index in [1.165, 1.54) is 0 Å². The van der Waals surface area contributed by atoms with Crippen molar-refractivity contribution in [3.05, 3.63) is 91.6 Å². The fourth-order valence-corrected chi connectivity index (χ4v) is 4.38. The Labute approximate surface area is 221 Å². The monoisotopic (exact) mass is 602 g/mol. The van der Waals surface area contributed by atoms with Gasteiger partial charge in [-0.3, -0.25) is 14.4 Å². The SMILES string of the molecule is Cc1ccc(C(Cc2ccccc2)NC(=O)C(=O)NCCNC(=O)c2cc(Br)c(Br)n2C)cc1C. The van der Waals surface area contributed by atoms with E-state index in [1.54, 1.807) is 17.7 Å². The van der Waals surface area contributed by atoms with E-state index in [-0.39, 0.29) is 25.0 Å². The Morgan fingerprint density at radius 3 is 2.20 bits per heavy atom. The topological polar surface area (TPSA) is 92.2 Å². The van der Waals surface area contributed by atoms with Gasteiger partial charge in [-0.25, -0.2) is 0 Å². The molecule has 0 spiro atoms. The Morgan fingerprint density at radius 2 is 1.57 bits per heavy atom. The van der Waals surface area contributed by atoms with Crippen LogP contribution >= 0.6 is 31.9 Å². The number of hydrogen-bond acceptors (Lipinski definition) is 3. The molecule has 1 atom stereocenters. The van der Waals surface area contributed by atoms with Crippen molar-refractivity contribution in [3.8, 4) is 0 Å². The summed E-state index contributed by atoms with van der Waals surface area (Å²) in [6, 6.07) is 17.2. The first-order valence-corrected chi connectivity index (χ1v) is 12.7. The van der Waals surface area contributed by atoms with Gasteiger partial charge in [-0.05, 0) is 80.4 Å². The average Bonchev–Trinajstić information content (AvgIpc) is 3.10. The average molecular weight is 604 g/mol. The predicted octanol–water partition coefficient (Wildman–Crippen LogP) is 4.11. The van der Waals surface area contributed by atoms with Crippen LogP contribution < -0.4 is 16.0 Å². The summed E-state index contributed by atoms with van der Waals surface area (Å²) in [4.78, 5) is 37.5. The van der Waals surface area contributed by atoms with Crippen LogP contribution in [-0.4, -0.2) is 35.4 Å². The van der Waals surface area contributed by atoms with Gasteiger partial charge in [0.2, 0.25) is 0 Å². The molecule has 0 radical (unpaired) electrons. The van der Waals surface area contributed by atoms with Gasteiger partial charge in [0.1, 0.15) is 5.69 Å². The molecule has 0 fully saturated rings. The molecule has 0 aliphatic heterocycles. The van der Waals surface area contributed by atoms with Crippen LogP contribution in [0.3, 0.4) is 0 Å². The summed E-state index contributed by atoms with van der Waals surface area (Å²) in [6.07, 6.45) is 0.556. The van der Waals surface area contributed by atoms with Crippen LogP contribution in [0.5, 0.6) is 0 Å². The number of halogens is 2. The van der Waals surface area contributed by atoms with Gasteiger partial charge in [-0.1, -0.05) is 48.5 Å². The number of carbonyl (C=O) groups excluding carboxylic acids is 3. The van der Waals surface area contributed by atoms with E-state index in [1.807, 2.05) is 62.4 Å². The van der Waals surface area contributed by atoms with E-state index in [4.69, 9.17) is 0 Å². The van der Waals surface area contributed by atoms with Crippen molar-refractivity contribution in [2.45, 2.75) is 26.3 Å². The standard InChI is InChI=1S/C26H28Br2N4O3/c1-16-9-10-19(13-17(16)2)21(14-18-7-5-4-6-8-18)31-26(35)25(34)30-12-11-29-24(33)22-15-20(27)23(28)32(22)3/h4-10,13,15,21H,11-12,14H2,1-3H3,(H,29,33)(H,30,34)(H,31,35). The molecule has 0 saturated carbocycles. The van der Waals surface area contributed by atoms with Crippen molar-refractivity contribution >= 4 is 49.6 Å². The van der Waals surface area contributed by atoms with E-state index in [9.17, 15) is 14.4 Å². The largest absolute Gasteiger partial charge is 0.349 e. The van der Waals surface area contributed by atoms with Gasteiger partial charge in [-0.15, -0.1) is 0 Å². The Morgan fingerprint density at radius 1 is 0.886 bits per heavy atom. The summed E-state index contributed by atoms with van der Waals surface area (Å²) >= 11 is 6.75. The molecule has 0 aliphatic rings. The van der Waals surface area contributed by atoms with E-state index >= 15 is 0 Å². The molecule has 3 aromatic rings. The zero-order valence-electron chi connectivity index (χ0n) is 19.8. The van der Waals surface area contributed by atoms with Crippen LogP contribution in [0.4, 0.5) is 0 Å². The molecule has 1 unspecified atom stereocenters. The molecule has 3 amide bonds. The second kappa shape index (κ2) is 12.2. The molecule has 2 aromatic carbocycles. The van der Waals surface area contributed by atoms with Gasteiger partial charge >= 0.3 is 11.8 Å². The number of benzene rings is 2. The van der Waals surface area contributed by atoms with E-state index in [0.29, 0.717) is 12.1 Å². The van der Waals surface area contributed by atoms with E-state index in [0.717, 1.165) is 31.3 Å². The molecule has 9 heteroatoms. The molecule has 1 aromatic heterocycles. The van der Waals surface area contributed by atoms with Gasteiger partial charge in [0, 0.05) is 20.1 Å². The highest BCUT2D eigenvalue weighted by Gasteiger charge is 2.21. The summed E-state index contributed by atoms with van der Waals surface area (Å²) in [5.41, 5.74) is 4.73. The van der Waals surface area contributed by atoms with Crippen molar-refractivity contribution in [1.82, 2.24) is 20.5 Å². The van der Waals surface area contributed by atoms with Gasteiger partial charge in [0.25, 0.3) is 5.91 Å². The Kier molecular flexibility index (Phi) is 9.28. The van der Waals surface area contributed by atoms with Crippen molar-refractivity contribution < 1.29 is 14.4 Å². The van der Waals surface area contributed by atoms with E-state index in [2.05, 4.69) is 47.8 Å². The lowest BCUT2D eigenvalue weighted by Gasteiger charge is -2.20. The van der Waals surface area contributed by atoms with Crippen LogP contribution in [0.25, 0.3) is 0 Å². The molecule has 0 aliphatic carbocycles. The molecule has 0 bridgehead atoms. The Hall–Kier alpha value is -2.91. The molecule has 184 valence electrons. The summed E-state index contributed by atoms with van der Waals surface area (Å²) in [5.74, 6) is -1.74. The minimum atomic E-state index is -0.745. The molecular weight excluding hydrogens is 576 g/mol. The number of hydrogen-bond donors (Lipinski definition) is 3. The first-order chi connectivity index (χ1) is 16.7. The van der Waals surface area contributed by atoms with Gasteiger partial charge in [0.15, 0.2) is 0 Å². The predicted molar refractivity (Wildman–Crippen MR) is 143 cm³/mol. The molecule has 0 saturated heterocycles. The van der Waals surface area contributed by atoms with Crippen molar-refractivity contribution in [3.63, 3.8) is 0 Å². The van der Waals surface area contributed by atoms with Gasteiger partial charge < -0.3 is 20.5 Å². The number of nitrogens with zero attached hydrogens (tertiary/aromatic N) is 1. The van der Waals surface area contributed by atoms with Crippen molar-refractivity contribution in [2.75, 3.05) is 13.1 Å². The Balaban J connectivity index is 1.57. The molecule has 3 N–H and O–H groups in total. The minimum absolute atomic E-state index is 0.123. The summed E-state index contributed by atoms with van der Waals surface area (Å²) < 4.78 is 3.22. The zero-order valence-corrected chi connectivity index (χ0v) is 23.0. The third kappa shape index (κ3) is 7.05. The van der Waals surface area contributed by atoms with Crippen LogP contribution in [0.1, 0.15) is 38.8 Å². The fourth-order valence-electron chi connectivity index (χ4n) is 3.59. The molecule has 1 heterocycles. The molecular formula is C26H28Br2N4O3. The number of nitrogens with one attached hydrogen (secondary N) is 3. The highest BCUT2D eigenvalue weighted by molar-refractivity contribution is 9.13. The number of aryl methyl sites for hydroxylation is 2. The second-order valence-corrected chi connectivity index (χ2v) is 9.90. The lowest BCUT2D eigenvalue weighted by Crippen LogP contribution is -2.44. The number of rotatable bonds is 8. The quantitative estimate of drug-likeness (QED) is 0.267. The first kappa shape index (κ1) is 26.7. The summed E-state index contributed by atoms with van der Waals surface area (Å²) in [7, 11) is 1.76. The van der Waals surface area contributed by atoms with Crippen LogP contribution in [0, 0.1) is 13.8 Å². The zero-order chi connectivity index (χ0) is 25.5. The van der Waals surface area contributed by atoms with Crippen LogP contribution in [0.2, 0.25) is 0 Å². The van der Waals surface area contributed by atoms with Crippen molar-refractivity contribution in [1.29, 1.82) is 0 Å². The first-order valence-electron chi connectivity index (χ1n) is 11.2. The third-order valence-electron chi connectivity index (χ3n) is 5.77. The fraction of sp³-hybridized carbons (Fsp3) is 0.269. The maximum absolute atomic E-state index is 12.7. The number of aromatic nitrogens is 1. The number of carbonyl (C=O) groups is 3. The highest BCUT2D eigenvalue weighted by atomic mass is 79.9. The Bertz CT molecular complexity index is 1220. The highest BCUT2D eigenvalue weighted by Crippen LogP contribution is 2.26. The van der Waals surface area contributed by atoms with Gasteiger partial charge in [0.05, 0.1) is 15.1 Å². The van der Waals surface area contributed by atoms with Crippen LogP contribution in [0.15, 0.2) is 63.7 Å².